The molecule has 6 heteroatoms. The number of nitrogens with zero attached hydrogens (tertiary/aromatic N) is 1. The fourth-order valence-corrected chi connectivity index (χ4v) is 2.90. The number of aliphatic hydroxyl groups is 1. The van der Waals surface area contributed by atoms with E-state index >= 15 is 0 Å². The van der Waals surface area contributed by atoms with Crippen LogP contribution >= 0.6 is 0 Å². The van der Waals surface area contributed by atoms with E-state index in [1.54, 1.807) is 4.90 Å². The summed E-state index contributed by atoms with van der Waals surface area (Å²) in [4.78, 5) is 1.79. The lowest BCUT2D eigenvalue weighted by molar-refractivity contribution is -0.208. The molecule has 3 atom stereocenters. The van der Waals surface area contributed by atoms with E-state index < -0.39 is 12.3 Å². The molecule has 2 N–H and O–H groups in total. The lowest BCUT2D eigenvalue weighted by atomic mass is 10.0. The van der Waals surface area contributed by atoms with Crippen molar-refractivity contribution in [1.82, 2.24) is 10.2 Å². The first-order valence-electron chi connectivity index (χ1n) is 6.20. The summed E-state index contributed by atoms with van der Waals surface area (Å²) in [5, 5.41) is 12.5. The van der Waals surface area contributed by atoms with E-state index in [0.717, 1.165) is 32.2 Å². The van der Waals surface area contributed by atoms with Crippen molar-refractivity contribution in [3.63, 3.8) is 0 Å². The highest BCUT2D eigenvalue weighted by molar-refractivity contribution is 4.93. The highest BCUT2D eigenvalue weighted by Gasteiger charge is 2.42. The van der Waals surface area contributed by atoms with Crippen LogP contribution in [-0.4, -0.2) is 54.0 Å². The van der Waals surface area contributed by atoms with Crippen molar-refractivity contribution in [2.45, 2.75) is 50.0 Å². The number of halogens is 3. The molecule has 2 fully saturated rings. The highest BCUT2D eigenvalue weighted by atomic mass is 19.4. The van der Waals surface area contributed by atoms with Crippen LogP contribution < -0.4 is 5.32 Å². The molecule has 2 aliphatic heterocycles. The zero-order valence-electron chi connectivity index (χ0n) is 9.71. The number of β-amino-alcohol motifs (C(OH)–C–C–N with tert-alkyl or cyclic N) is 1. The first-order valence-corrected chi connectivity index (χ1v) is 6.20. The second-order valence-electron chi connectivity index (χ2n) is 4.96. The summed E-state index contributed by atoms with van der Waals surface area (Å²) in [6.07, 6.45) is -2.74. The highest BCUT2D eigenvalue weighted by Crippen LogP contribution is 2.27. The fraction of sp³-hybridized carbons (Fsp3) is 1.00. The third kappa shape index (κ3) is 3.11. The third-order valence-corrected chi connectivity index (χ3v) is 3.76. The van der Waals surface area contributed by atoms with Crippen LogP contribution in [0.25, 0.3) is 0 Å². The van der Waals surface area contributed by atoms with Gasteiger partial charge < -0.3 is 10.4 Å². The van der Waals surface area contributed by atoms with Gasteiger partial charge in [0.2, 0.25) is 0 Å². The van der Waals surface area contributed by atoms with Gasteiger partial charge in [-0.2, -0.15) is 13.2 Å². The summed E-state index contributed by atoms with van der Waals surface area (Å²) in [6.45, 7) is 1.33. The Morgan fingerprint density at radius 1 is 1.29 bits per heavy atom. The van der Waals surface area contributed by atoms with Crippen LogP contribution in [0.5, 0.6) is 0 Å². The molecule has 3 nitrogen and oxygen atoms in total. The van der Waals surface area contributed by atoms with Crippen LogP contribution in [-0.2, 0) is 0 Å². The molecule has 2 saturated heterocycles. The summed E-state index contributed by atoms with van der Waals surface area (Å²) in [6, 6.07) is 0.465. The molecule has 0 aromatic carbocycles. The average molecular weight is 252 g/mol. The van der Waals surface area contributed by atoms with E-state index in [0.29, 0.717) is 12.6 Å². The van der Waals surface area contributed by atoms with Crippen molar-refractivity contribution in [2.75, 3.05) is 19.6 Å². The standard InChI is InChI=1S/C11H19F3N2O/c12-11(13,14)10(17)7-16-6-2-4-9(16)8-3-1-5-15-8/h8-10,15,17H,1-7H2. The predicted molar refractivity (Wildman–Crippen MR) is 57.7 cm³/mol. The van der Waals surface area contributed by atoms with E-state index in [4.69, 9.17) is 5.11 Å². The average Bonchev–Trinajstić information content (AvgIpc) is 2.83. The predicted octanol–water partition coefficient (Wildman–Crippen LogP) is 1.13. The molecule has 0 bridgehead atoms. The first-order chi connectivity index (χ1) is 7.98. The second-order valence-corrected chi connectivity index (χ2v) is 4.96. The van der Waals surface area contributed by atoms with Gasteiger partial charge in [0.05, 0.1) is 0 Å². The maximum atomic E-state index is 12.3. The van der Waals surface area contributed by atoms with Crippen molar-refractivity contribution in [1.29, 1.82) is 0 Å². The van der Waals surface area contributed by atoms with Gasteiger partial charge in [-0.3, -0.25) is 4.90 Å². The lowest BCUT2D eigenvalue weighted by Gasteiger charge is -2.31. The number of rotatable bonds is 3. The Hall–Kier alpha value is -0.330. The Morgan fingerprint density at radius 2 is 2.06 bits per heavy atom. The molecule has 3 unspecified atom stereocenters. The van der Waals surface area contributed by atoms with Crippen molar-refractivity contribution >= 4 is 0 Å². The minimum absolute atomic E-state index is 0.162. The lowest BCUT2D eigenvalue weighted by Crippen LogP contribution is -2.49. The molecule has 0 spiro atoms. The largest absolute Gasteiger partial charge is 0.415 e. The minimum Gasteiger partial charge on any atom is -0.382 e. The monoisotopic (exact) mass is 252 g/mol. The molecule has 17 heavy (non-hydrogen) atoms. The van der Waals surface area contributed by atoms with E-state index in [-0.39, 0.29) is 12.6 Å². The maximum Gasteiger partial charge on any atom is 0.415 e. The normalized spacial score (nSPS) is 33.2. The number of aliphatic hydroxyl groups excluding tert-OH is 1. The van der Waals surface area contributed by atoms with Crippen LogP contribution in [0.2, 0.25) is 0 Å². The van der Waals surface area contributed by atoms with Gasteiger partial charge in [-0.25, -0.2) is 0 Å². The SMILES string of the molecule is OC(CN1CCCC1C1CCCN1)C(F)(F)F. The molecule has 0 aromatic rings. The van der Waals surface area contributed by atoms with Crippen molar-refractivity contribution in [2.24, 2.45) is 0 Å². The minimum atomic E-state index is -4.50. The first kappa shape index (κ1) is 13.1. The smallest absolute Gasteiger partial charge is 0.382 e. The Bertz CT molecular complexity index is 254. The molecule has 0 saturated carbocycles. The van der Waals surface area contributed by atoms with Crippen LogP contribution in [0, 0.1) is 0 Å². The molecule has 100 valence electrons. The van der Waals surface area contributed by atoms with Gasteiger partial charge in [-0.1, -0.05) is 0 Å². The zero-order valence-corrected chi connectivity index (χ0v) is 9.71. The molecule has 0 aromatic heterocycles. The molecular weight excluding hydrogens is 233 g/mol. The molecule has 0 radical (unpaired) electrons. The van der Waals surface area contributed by atoms with Gasteiger partial charge in [0, 0.05) is 18.6 Å². The van der Waals surface area contributed by atoms with E-state index in [2.05, 4.69) is 5.32 Å². The summed E-state index contributed by atoms with van der Waals surface area (Å²) in [5.41, 5.74) is 0. The Balaban J connectivity index is 1.90. The molecular formula is C11H19F3N2O. The Morgan fingerprint density at radius 3 is 2.65 bits per heavy atom. The van der Waals surface area contributed by atoms with Crippen LogP contribution in [0.15, 0.2) is 0 Å². The Kier molecular flexibility index (Phi) is 3.95. The van der Waals surface area contributed by atoms with Crippen molar-refractivity contribution < 1.29 is 18.3 Å². The fourth-order valence-electron chi connectivity index (χ4n) is 2.90. The van der Waals surface area contributed by atoms with Crippen LogP contribution in [0.4, 0.5) is 13.2 Å². The topological polar surface area (TPSA) is 35.5 Å². The summed E-state index contributed by atoms with van der Waals surface area (Å²) >= 11 is 0. The zero-order chi connectivity index (χ0) is 12.5. The number of nitrogens with one attached hydrogen (secondary N) is 1. The summed E-state index contributed by atoms with van der Waals surface area (Å²) in [5.74, 6) is 0. The number of alkyl halides is 3. The van der Waals surface area contributed by atoms with E-state index in [9.17, 15) is 13.2 Å². The molecule has 0 amide bonds. The van der Waals surface area contributed by atoms with Gasteiger partial charge in [-0.15, -0.1) is 0 Å². The van der Waals surface area contributed by atoms with Crippen LogP contribution in [0.3, 0.4) is 0 Å². The van der Waals surface area contributed by atoms with Gasteiger partial charge in [0.15, 0.2) is 6.10 Å². The third-order valence-electron chi connectivity index (χ3n) is 3.76. The van der Waals surface area contributed by atoms with E-state index in [1.807, 2.05) is 0 Å². The molecule has 2 heterocycles. The quantitative estimate of drug-likeness (QED) is 0.790. The molecule has 2 rings (SSSR count). The van der Waals surface area contributed by atoms with Gasteiger partial charge in [0.25, 0.3) is 0 Å². The number of hydrogen-bond acceptors (Lipinski definition) is 3. The van der Waals surface area contributed by atoms with Gasteiger partial charge in [-0.05, 0) is 38.8 Å². The number of likely N-dealkylation sites (tertiary alicyclic amines) is 1. The van der Waals surface area contributed by atoms with Crippen molar-refractivity contribution in [3.05, 3.63) is 0 Å². The maximum absolute atomic E-state index is 12.3. The number of hydrogen-bond donors (Lipinski definition) is 2. The molecule has 2 aliphatic rings. The molecule has 0 aliphatic carbocycles. The van der Waals surface area contributed by atoms with Gasteiger partial charge >= 0.3 is 6.18 Å². The second kappa shape index (κ2) is 5.12. The van der Waals surface area contributed by atoms with Gasteiger partial charge in [0.1, 0.15) is 0 Å². The van der Waals surface area contributed by atoms with Crippen molar-refractivity contribution in [3.8, 4) is 0 Å². The summed E-state index contributed by atoms with van der Waals surface area (Å²) < 4.78 is 36.9. The summed E-state index contributed by atoms with van der Waals surface area (Å²) in [7, 11) is 0. The van der Waals surface area contributed by atoms with E-state index in [1.165, 1.54) is 0 Å². The van der Waals surface area contributed by atoms with Crippen LogP contribution in [0.1, 0.15) is 25.7 Å². The Labute approximate surface area is 99.0 Å².